The topological polar surface area (TPSA) is 90.7 Å². The monoisotopic (exact) mass is 381 g/mol. The molecule has 2 aromatic carbocycles. The Balaban J connectivity index is 1.68. The van der Waals surface area contributed by atoms with Crippen molar-refractivity contribution < 1.29 is 9.59 Å². The molecule has 0 aromatic heterocycles. The molecule has 0 saturated carbocycles. The number of carbonyl (C=O) groups is 2. The number of amides is 2. The van der Waals surface area contributed by atoms with Gasteiger partial charge in [0.1, 0.15) is 0 Å². The molecule has 7 heteroatoms. The minimum absolute atomic E-state index is 0.0438. The van der Waals surface area contributed by atoms with Crippen molar-refractivity contribution in [2.75, 3.05) is 49.2 Å². The molecule has 0 atom stereocenters. The summed E-state index contributed by atoms with van der Waals surface area (Å²) in [6.07, 6.45) is 0.308. The van der Waals surface area contributed by atoms with Crippen LogP contribution in [0.3, 0.4) is 0 Å². The van der Waals surface area contributed by atoms with Crippen LogP contribution in [0.1, 0.15) is 12.5 Å². The van der Waals surface area contributed by atoms with E-state index in [2.05, 4.69) is 27.7 Å². The highest BCUT2D eigenvalue weighted by Gasteiger charge is 2.19. The van der Waals surface area contributed by atoms with Gasteiger partial charge in [0.25, 0.3) is 0 Å². The molecule has 1 aliphatic heterocycles. The van der Waals surface area contributed by atoms with Crippen molar-refractivity contribution in [1.29, 1.82) is 0 Å². The number of likely N-dealkylation sites (N-methyl/N-ethyl adjacent to an activating group) is 1. The predicted molar refractivity (Wildman–Crippen MR) is 113 cm³/mol. The van der Waals surface area contributed by atoms with E-state index in [4.69, 9.17) is 5.73 Å². The summed E-state index contributed by atoms with van der Waals surface area (Å²) in [6, 6.07) is 13.8. The number of nitrogens with one attached hydrogen (secondary N) is 2. The number of anilines is 4. The van der Waals surface area contributed by atoms with Crippen molar-refractivity contribution in [3.63, 3.8) is 0 Å². The molecule has 0 radical (unpaired) electrons. The maximum absolute atomic E-state index is 11.5. The van der Waals surface area contributed by atoms with Gasteiger partial charge in [-0.3, -0.25) is 9.59 Å². The second-order valence-electron chi connectivity index (χ2n) is 6.94. The molecular weight excluding hydrogens is 354 g/mol. The van der Waals surface area contributed by atoms with Crippen LogP contribution in [0.5, 0.6) is 0 Å². The van der Waals surface area contributed by atoms with Gasteiger partial charge < -0.3 is 26.2 Å². The number of benzene rings is 2. The molecule has 1 saturated heterocycles. The average Bonchev–Trinajstić information content (AvgIpc) is 2.70. The lowest BCUT2D eigenvalue weighted by Gasteiger charge is -2.35. The third-order valence-electron chi connectivity index (χ3n) is 4.97. The van der Waals surface area contributed by atoms with Gasteiger partial charge in [-0.2, -0.15) is 0 Å². The second kappa shape index (κ2) is 8.65. The summed E-state index contributed by atoms with van der Waals surface area (Å²) in [5.41, 5.74) is 10.5. The fourth-order valence-corrected chi connectivity index (χ4v) is 3.33. The Bertz CT molecular complexity index is 860. The molecule has 2 aromatic rings. The summed E-state index contributed by atoms with van der Waals surface area (Å²) in [4.78, 5) is 27.2. The van der Waals surface area contributed by atoms with Gasteiger partial charge in [-0.05, 0) is 35.9 Å². The predicted octanol–water partition coefficient (Wildman–Crippen LogP) is 1.97. The molecule has 3 rings (SSSR count). The van der Waals surface area contributed by atoms with E-state index >= 15 is 0 Å². The fourth-order valence-electron chi connectivity index (χ4n) is 3.33. The molecule has 0 aliphatic carbocycles. The van der Waals surface area contributed by atoms with E-state index in [1.54, 1.807) is 14.0 Å². The molecular formula is C21H27N5O2. The zero-order valence-corrected chi connectivity index (χ0v) is 16.4. The first kappa shape index (κ1) is 19.5. The highest BCUT2D eigenvalue weighted by molar-refractivity contribution is 5.80. The van der Waals surface area contributed by atoms with Crippen LogP contribution in [-0.2, 0) is 16.0 Å². The molecule has 1 aliphatic rings. The molecule has 2 amide bonds. The van der Waals surface area contributed by atoms with Crippen LogP contribution in [0.4, 0.5) is 22.7 Å². The van der Waals surface area contributed by atoms with Gasteiger partial charge in [0.2, 0.25) is 11.8 Å². The molecule has 0 spiro atoms. The summed E-state index contributed by atoms with van der Waals surface area (Å²) in [5, 5.41) is 5.97. The Kier molecular flexibility index (Phi) is 6.03. The standard InChI is InChI=1S/C21H27N5O2/c1-15(27)25-8-10-26(11-9-25)18-5-3-4-17(14-18)24-20-7-6-16(12-19(20)22)13-21(28)23-2/h3-7,12,14,24H,8-11,13,22H2,1-2H3,(H,23,28). The van der Waals surface area contributed by atoms with E-state index < -0.39 is 0 Å². The molecule has 0 bridgehead atoms. The Hall–Kier alpha value is -3.22. The summed E-state index contributed by atoms with van der Waals surface area (Å²) in [5.74, 6) is 0.0862. The third-order valence-corrected chi connectivity index (χ3v) is 4.97. The smallest absolute Gasteiger partial charge is 0.224 e. The van der Waals surface area contributed by atoms with Gasteiger partial charge in [-0.25, -0.2) is 0 Å². The van der Waals surface area contributed by atoms with E-state index in [0.29, 0.717) is 12.1 Å². The molecule has 4 N–H and O–H groups in total. The first-order valence-electron chi connectivity index (χ1n) is 9.43. The quantitative estimate of drug-likeness (QED) is 0.689. The Morgan fingerprint density at radius 3 is 2.46 bits per heavy atom. The number of nitrogen functional groups attached to an aromatic ring is 1. The number of piperazine rings is 1. The lowest BCUT2D eigenvalue weighted by molar-refractivity contribution is -0.129. The first-order chi connectivity index (χ1) is 13.5. The maximum Gasteiger partial charge on any atom is 0.224 e. The van der Waals surface area contributed by atoms with Crippen molar-refractivity contribution in [1.82, 2.24) is 10.2 Å². The zero-order valence-electron chi connectivity index (χ0n) is 16.4. The largest absolute Gasteiger partial charge is 0.397 e. The molecule has 1 heterocycles. The van der Waals surface area contributed by atoms with Crippen molar-refractivity contribution >= 4 is 34.6 Å². The number of nitrogens with zero attached hydrogens (tertiary/aromatic N) is 2. The van der Waals surface area contributed by atoms with Gasteiger partial charge >= 0.3 is 0 Å². The van der Waals surface area contributed by atoms with Gasteiger partial charge in [0.05, 0.1) is 17.8 Å². The van der Waals surface area contributed by atoms with Crippen molar-refractivity contribution in [3.05, 3.63) is 48.0 Å². The summed E-state index contributed by atoms with van der Waals surface area (Å²) >= 11 is 0. The van der Waals surface area contributed by atoms with Gasteiger partial charge in [-0.1, -0.05) is 12.1 Å². The van der Waals surface area contributed by atoms with Gasteiger partial charge in [0.15, 0.2) is 0 Å². The lowest BCUT2D eigenvalue weighted by Crippen LogP contribution is -2.48. The summed E-state index contributed by atoms with van der Waals surface area (Å²) in [7, 11) is 1.62. The van der Waals surface area contributed by atoms with E-state index in [0.717, 1.165) is 48.8 Å². The van der Waals surface area contributed by atoms with Crippen LogP contribution in [-0.4, -0.2) is 49.9 Å². The average molecular weight is 381 g/mol. The number of nitrogens with two attached hydrogens (primary N) is 1. The van der Waals surface area contributed by atoms with Crippen molar-refractivity contribution in [2.45, 2.75) is 13.3 Å². The Morgan fingerprint density at radius 2 is 1.82 bits per heavy atom. The Labute approximate surface area is 165 Å². The van der Waals surface area contributed by atoms with Gasteiger partial charge in [0, 0.05) is 51.5 Å². The SMILES string of the molecule is CNC(=O)Cc1ccc(Nc2cccc(N3CCN(C(C)=O)CC3)c2)c(N)c1. The summed E-state index contributed by atoms with van der Waals surface area (Å²) < 4.78 is 0. The fraction of sp³-hybridized carbons (Fsp3) is 0.333. The van der Waals surface area contributed by atoms with E-state index in [1.165, 1.54) is 0 Å². The Morgan fingerprint density at radius 1 is 1.07 bits per heavy atom. The normalized spacial score (nSPS) is 13.9. The lowest BCUT2D eigenvalue weighted by atomic mass is 10.1. The minimum Gasteiger partial charge on any atom is -0.397 e. The summed E-state index contributed by atoms with van der Waals surface area (Å²) in [6.45, 7) is 4.74. The number of rotatable bonds is 5. The van der Waals surface area contributed by atoms with Crippen LogP contribution < -0.4 is 21.3 Å². The third kappa shape index (κ3) is 4.73. The molecule has 1 fully saturated rings. The maximum atomic E-state index is 11.5. The molecule has 7 nitrogen and oxygen atoms in total. The zero-order chi connectivity index (χ0) is 20.1. The van der Waals surface area contributed by atoms with Crippen molar-refractivity contribution in [3.8, 4) is 0 Å². The van der Waals surface area contributed by atoms with Crippen LogP contribution in [0.25, 0.3) is 0 Å². The van der Waals surface area contributed by atoms with Crippen LogP contribution >= 0.6 is 0 Å². The van der Waals surface area contributed by atoms with Crippen molar-refractivity contribution in [2.24, 2.45) is 0 Å². The van der Waals surface area contributed by atoms with E-state index in [1.807, 2.05) is 35.2 Å². The van der Waals surface area contributed by atoms with Crippen LogP contribution in [0.15, 0.2) is 42.5 Å². The number of hydrogen-bond acceptors (Lipinski definition) is 5. The first-order valence-corrected chi connectivity index (χ1v) is 9.43. The number of hydrogen-bond donors (Lipinski definition) is 3. The van der Waals surface area contributed by atoms with Crippen LogP contribution in [0, 0.1) is 0 Å². The molecule has 28 heavy (non-hydrogen) atoms. The minimum atomic E-state index is -0.0438. The van der Waals surface area contributed by atoms with Crippen LogP contribution in [0.2, 0.25) is 0 Å². The second-order valence-corrected chi connectivity index (χ2v) is 6.94. The highest BCUT2D eigenvalue weighted by atomic mass is 16.2. The highest BCUT2D eigenvalue weighted by Crippen LogP contribution is 2.27. The number of carbonyl (C=O) groups excluding carboxylic acids is 2. The van der Waals surface area contributed by atoms with E-state index in [9.17, 15) is 9.59 Å². The molecule has 0 unspecified atom stereocenters. The molecule has 148 valence electrons. The van der Waals surface area contributed by atoms with E-state index in [-0.39, 0.29) is 11.8 Å². The van der Waals surface area contributed by atoms with Gasteiger partial charge in [-0.15, -0.1) is 0 Å².